The summed E-state index contributed by atoms with van der Waals surface area (Å²) in [6, 6.07) is 6.31. The van der Waals surface area contributed by atoms with Crippen LogP contribution in [0.15, 0.2) is 24.3 Å². The van der Waals surface area contributed by atoms with Gasteiger partial charge in [-0.1, -0.05) is 18.5 Å². The van der Waals surface area contributed by atoms with Crippen LogP contribution in [0.5, 0.6) is 11.6 Å². The number of nitrogens with zero attached hydrogens (tertiary/aromatic N) is 2. The summed E-state index contributed by atoms with van der Waals surface area (Å²) in [6.45, 7) is 3.82. The maximum atomic E-state index is 11.2. The zero-order valence-corrected chi connectivity index (χ0v) is 11.8. The quantitative estimate of drug-likeness (QED) is 0.873. The van der Waals surface area contributed by atoms with Crippen molar-refractivity contribution in [2.75, 3.05) is 0 Å². The van der Waals surface area contributed by atoms with Crippen LogP contribution in [0.25, 0.3) is 0 Å². The van der Waals surface area contributed by atoms with Crippen molar-refractivity contribution < 1.29 is 14.6 Å². The van der Waals surface area contributed by atoms with E-state index in [0.29, 0.717) is 12.2 Å². The molecule has 2 aromatic heterocycles. The Labute approximate surface area is 121 Å². The molecule has 0 aromatic carbocycles. The number of rotatable bonds is 4. The molecule has 0 amide bonds. The minimum absolute atomic E-state index is 0.0367. The molecule has 0 saturated carbocycles. The van der Waals surface area contributed by atoms with E-state index in [0.717, 1.165) is 11.4 Å². The molecule has 0 fully saturated rings. The number of aromatic nitrogens is 2. The third-order valence-electron chi connectivity index (χ3n) is 2.67. The molecule has 2 heterocycles. The van der Waals surface area contributed by atoms with Gasteiger partial charge >= 0.3 is 5.97 Å². The average molecular weight is 293 g/mol. The van der Waals surface area contributed by atoms with Crippen molar-refractivity contribution in [2.24, 2.45) is 0 Å². The number of carboxylic acid groups (broad SMARTS) is 1. The molecular weight excluding hydrogens is 280 g/mol. The van der Waals surface area contributed by atoms with Gasteiger partial charge in [0.1, 0.15) is 10.7 Å². The number of carbonyl (C=O) groups is 1. The van der Waals surface area contributed by atoms with Crippen LogP contribution in [0.4, 0.5) is 0 Å². The number of hydrogen-bond donors (Lipinski definition) is 1. The van der Waals surface area contributed by atoms with Crippen LogP contribution in [0.1, 0.15) is 28.7 Å². The van der Waals surface area contributed by atoms with Crippen LogP contribution in [-0.2, 0) is 6.42 Å². The molecule has 0 unspecified atom stereocenters. The molecule has 0 aliphatic rings. The molecule has 104 valence electrons. The fourth-order valence-electron chi connectivity index (χ4n) is 1.71. The van der Waals surface area contributed by atoms with E-state index >= 15 is 0 Å². The second-order valence-corrected chi connectivity index (χ2v) is 4.53. The monoisotopic (exact) mass is 292 g/mol. The van der Waals surface area contributed by atoms with Crippen LogP contribution in [0.2, 0.25) is 5.15 Å². The number of halogens is 1. The summed E-state index contributed by atoms with van der Waals surface area (Å²) in [5, 5.41) is 9.30. The molecule has 0 atom stereocenters. The summed E-state index contributed by atoms with van der Waals surface area (Å²) in [6.07, 6.45) is 0.667. The van der Waals surface area contributed by atoms with E-state index in [2.05, 4.69) is 9.97 Å². The average Bonchev–Trinajstić information content (AvgIpc) is 2.40. The van der Waals surface area contributed by atoms with Gasteiger partial charge in [-0.15, -0.1) is 0 Å². The second-order valence-electron chi connectivity index (χ2n) is 4.14. The molecule has 5 nitrogen and oxygen atoms in total. The Kier molecular flexibility index (Phi) is 4.20. The van der Waals surface area contributed by atoms with E-state index in [9.17, 15) is 4.79 Å². The van der Waals surface area contributed by atoms with Gasteiger partial charge in [-0.25, -0.2) is 9.78 Å². The van der Waals surface area contributed by atoms with E-state index in [1.54, 1.807) is 12.1 Å². The van der Waals surface area contributed by atoms with Gasteiger partial charge in [0, 0.05) is 5.69 Å². The Balaban J connectivity index is 2.44. The topological polar surface area (TPSA) is 72.3 Å². The fourth-order valence-corrected chi connectivity index (χ4v) is 1.85. The number of hydrogen-bond acceptors (Lipinski definition) is 4. The Morgan fingerprint density at radius 2 is 2.05 bits per heavy atom. The molecule has 0 spiro atoms. The first-order valence-electron chi connectivity index (χ1n) is 6.05. The molecular formula is C14H13ClN2O3. The van der Waals surface area contributed by atoms with Crippen molar-refractivity contribution in [2.45, 2.75) is 20.3 Å². The highest BCUT2D eigenvalue weighted by Gasteiger charge is 2.16. The lowest BCUT2D eigenvalue weighted by Crippen LogP contribution is -2.04. The number of pyridine rings is 2. The Morgan fingerprint density at radius 1 is 1.30 bits per heavy atom. The molecule has 6 heteroatoms. The second kappa shape index (κ2) is 5.88. The summed E-state index contributed by atoms with van der Waals surface area (Å²) in [7, 11) is 0. The van der Waals surface area contributed by atoms with Crippen LogP contribution < -0.4 is 4.74 Å². The highest BCUT2D eigenvalue weighted by molar-refractivity contribution is 6.29. The van der Waals surface area contributed by atoms with Crippen molar-refractivity contribution in [1.82, 2.24) is 9.97 Å². The summed E-state index contributed by atoms with van der Waals surface area (Å²) in [4.78, 5) is 19.4. The van der Waals surface area contributed by atoms with Crippen LogP contribution in [0, 0.1) is 6.92 Å². The summed E-state index contributed by atoms with van der Waals surface area (Å²) >= 11 is 5.79. The van der Waals surface area contributed by atoms with E-state index in [4.69, 9.17) is 21.4 Å². The van der Waals surface area contributed by atoms with Gasteiger partial charge in [-0.2, -0.15) is 0 Å². The molecule has 0 aliphatic carbocycles. The first-order chi connectivity index (χ1) is 9.51. The van der Waals surface area contributed by atoms with Gasteiger partial charge < -0.3 is 9.84 Å². The molecule has 0 saturated heterocycles. The van der Waals surface area contributed by atoms with Gasteiger partial charge in [0.15, 0.2) is 5.75 Å². The summed E-state index contributed by atoms with van der Waals surface area (Å²) in [5.74, 6) is -0.678. The van der Waals surface area contributed by atoms with Gasteiger partial charge in [-0.05, 0) is 37.6 Å². The highest BCUT2D eigenvalue weighted by atomic mass is 35.5. The normalized spacial score (nSPS) is 10.3. The minimum atomic E-state index is -1.12. The lowest BCUT2D eigenvalue weighted by atomic mass is 10.2. The lowest BCUT2D eigenvalue weighted by Gasteiger charge is -2.11. The fraction of sp³-hybridized carbons (Fsp3) is 0.214. The van der Waals surface area contributed by atoms with Gasteiger partial charge in [0.2, 0.25) is 5.88 Å². The Morgan fingerprint density at radius 3 is 2.70 bits per heavy atom. The van der Waals surface area contributed by atoms with Crippen LogP contribution >= 0.6 is 11.6 Å². The Hall–Kier alpha value is -2.14. The van der Waals surface area contributed by atoms with E-state index in [1.807, 2.05) is 13.8 Å². The maximum Gasteiger partial charge on any atom is 0.341 e. The van der Waals surface area contributed by atoms with Crippen molar-refractivity contribution in [1.29, 1.82) is 0 Å². The molecule has 0 bridgehead atoms. The van der Waals surface area contributed by atoms with E-state index in [1.165, 1.54) is 12.1 Å². The third kappa shape index (κ3) is 3.05. The SMILES string of the molecule is CCc1nc(C)ccc1Oc1nc(Cl)ccc1C(=O)O. The van der Waals surface area contributed by atoms with Crippen molar-refractivity contribution in [3.8, 4) is 11.6 Å². The zero-order chi connectivity index (χ0) is 14.7. The van der Waals surface area contributed by atoms with Crippen molar-refractivity contribution >= 4 is 17.6 Å². The highest BCUT2D eigenvalue weighted by Crippen LogP contribution is 2.27. The first-order valence-corrected chi connectivity index (χ1v) is 6.43. The minimum Gasteiger partial charge on any atom is -0.477 e. The largest absolute Gasteiger partial charge is 0.477 e. The Bertz CT molecular complexity index is 659. The number of carboxylic acids is 1. The number of ether oxygens (including phenoxy) is 1. The maximum absolute atomic E-state index is 11.2. The van der Waals surface area contributed by atoms with Gasteiger partial charge in [0.25, 0.3) is 0 Å². The zero-order valence-electron chi connectivity index (χ0n) is 11.1. The third-order valence-corrected chi connectivity index (χ3v) is 2.88. The summed E-state index contributed by atoms with van der Waals surface area (Å²) in [5.41, 5.74) is 1.56. The first kappa shape index (κ1) is 14.3. The lowest BCUT2D eigenvalue weighted by molar-refractivity contribution is 0.0693. The number of aromatic carboxylic acids is 1. The van der Waals surface area contributed by atoms with Crippen molar-refractivity contribution in [3.05, 3.63) is 46.4 Å². The van der Waals surface area contributed by atoms with E-state index < -0.39 is 5.97 Å². The number of aryl methyl sites for hydroxylation is 2. The molecule has 2 aromatic rings. The molecule has 1 N–H and O–H groups in total. The molecule has 0 radical (unpaired) electrons. The van der Waals surface area contributed by atoms with E-state index in [-0.39, 0.29) is 16.6 Å². The molecule has 20 heavy (non-hydrogen) atoms. The van der Waals surface area contributed by atoms with Crippen molar-refractivity contribution in [3.63, 3.8) is 0 Å². The van der Waals surface area contributed by atoms with Gasteiger partial charge in [-0.3, -0.25) is 4.98 Å². The predicted molar refractivity (Wildman–Crippen MR) is 74.6 cm³/mol. The van der Waals surface area contributed by atoms with Crippen LogP contribution in [-0.4, -0.2) is 21.0 Å². The molecule has 2 rings (SSSR count). The van der Waals surface area contributed by atoms with Gasteiger partial charge in [0.05, 0.1) is 5.69 Å². The molecule has 0 aliphatic heterocycles. The predicted octanol–water partition coefficient (Wildman–Crippen LogP) is 3.49. The standard InChI is InChI=1S/C14H13ClN2O3/c1-3-10-11(6-4-8(2)16-10)20-13-9(14(18)19)5-7-12(15)17-13/h4-7H,3H2,1-2H3,(H,18,19). The van der Waals surface area contributed by atoms with Crippen LogP contribution in [0.3, 0.4) is 0 Å². The summed E-state index contributed by atoms with van der Waals surface area (Å²) < 4.78 is 5.59. The smallest absolute Gasteiger partial charge is 0.341 e.